The molecule has 0 saturated heterocycles. The Kier molecular flexibility index (Phi) is 7.20. The van der Waals surface area contributed by atoms with Crippen LogP contribution in [0.1, 0.15) is 6.42 Å². The van der Waals surface area contributed by atoms with Gasteiger partial charge in [0.2, 0.25) is 5.91 Å². The maximum Gasteiger partial charge on any atom is 0.343 e. The highest BCUT2D eigenvalue weighted by Gasteiger charge is 2.11. The van der Waals surface area contributed by atoms with Crippen molar-refractivity contribution >= 4 is 17.6 Å². The third kappa shape index (κ3) is 6.24. The fraction of sp³-hybridized carbons (Fsp3) is 0.429. The second-order valence-electron chi connectivity index (χ2n) is 4.23. The molecule has 21 heavy (non-hydrogen) atoms. The molecule has 116 valence electrons. The minimum absolute atomic E-state index is 0.159. The highest BCUT2D eigenvalue weighted by Crippen LogP contribution is 2.16. The zero-order valence-electron chi connectivity index (χ0n) is 12.1. The maximum absolute atomic E-state index is 11.7. The Balaban J connectivity index is 2.46. The summed E-state index contributed by atoms with van der Waals surface area (Å²) in [4.78, 5) is 22.7. The predicted octanol–water partition coefficient (Wildman–Crippen LogP) is 0.541. The van der Waals surface area contributed by atoms with Gasteiger partial charge in [0.1, 0.15) is 5.75 Å². The van der Waals surface area contributed by atoms with E-state index in [9.17, 15) is 9.59 Å². The minimum Gasteiger partial charge on any atom is -0.482 e. The Hall–Kier alpha value is -2.12. The lowest BCUT2D eigenvalue weighted by Gasteiger charge is -2.12. The van der Waals surface area contributed by atoms with E-state index in [1.54, 1.807) is 24.3 Å². The molecule has 0 spiro atoms. The summed E-state index contributed by atoms with van der Waals surface area (Å²) >= 11 is 0. The Morgan fingerprint density at radius 3 is 2.43 bits per heavy atom. The SMILES string of the molecule is COC(=O)COc1ccc(NC(=O)CC(CN)OC)cc1. The fourth-order valence-corrected chi connectivity index (χ4v) is 1.52. The number of nitrogens with one attached hydrogen (secondary N) is 1. The highest BCUT2D eigenvalue weighted by molar-refractivity contribution is 5.91. The number of anilines is 1. The number of methoxy groups -OCH3 is 2. The van der Waals surface area contributed by atoms with Crippen LogP contribution in [0.25, 0.3) is 0 Å². The van der Waals surface area contributed by atoms with Crippen molar-refractivity contribution in [3.8, 4) is 5.75 Å². The molecule has 1 aromatic carbocycles. The van der Waals surface area contributed by atoms with Gasteiger partial charge in [-0.3, -0.25) is 4.79 Å². The first kappa shape index (κ1) is 16.9. The van der Waals surface area contributed by atoms with Crippen LogP contribution >= 0.6 is 0 Å². The Labute approximate surface area is 123 Å². The first-order chi connectivity index (χ1) is 10.1. The molecule has 0 heterocycles. The number of nitrogens with two attached hydrogens (primary N) is 1. The summed E-state index contributed by atoms with van der Waals surface area (Å²) in [7, 11) is 2.80. The summed E-state index contributed by atoms with van der Waals surface area (Å²) in [5.74, 6) is -0.134. The van der Waals surface area contributed by atoms with Gasteiger partial charge in [-0.15, -0.1) is 0 Å². The molecule has 0 saturated carbocycles. The molecular weight excluding hydrogens is 276 g/mol. The molecule has 7 heteroatoms. The molecule has 0 fully saturated rings. The van der Waals surface area contributed by atoms with Gasteiger partial charge in [0.15, 0.2) is 6.61 Å². The van der Waals surface area contributed by atoms with Crippen molar-refractivity contribution in [2.75, 3.05) is 32.7 Å². The first-order valence-corrected chi connectivity index (χ1v) is 6.41. The van der Waals surface area contributed by atoms with Gasteiger partial charge in [0.25, 0.3) is 0 Å². The van der Waals surface area contributed by atoms with E-state index in [0.717, 1.165) is 0 Å². The van der Waals surface area contributed by atoms with Gasteiger partial charge in [-0.1, -0.05) is 0 Å². The molecule has 0 aliphatic carbocycles. The van der Waals surface area contributed by atoms with Gasteiger partial charge in [-0.2, -0.15) is 0 Å². The van der Waals surface area contributed by atoms with Crippen LogP contribution in [0.4, 0.5) is 5.69 Å². The van der Waals surface area contributed by atoms with Crippen molar-refractivity contribution in [1.82, 2.24) is 0 Å². The van der Waals surface area contributed by atoms with Gasteiger partial charge >= 0.3 is 5.97 Å². The van der Waals surface area contributed by atoms with Gasteiger partial charge in [0.05, 0.1) is 19.6 Å². The Bertz CT molecular complexity index is 457. The topological polar surface area (TPSA) is 99.9 Å². The van der Waals surface area contributed by atoms with Crippen LogP contribution in [-0.4, -0.2) is 45.4 Å². The van der Waals surface area contributed by atoms with Gasteiger partial charge in [-0.25, -0.2) is 4.79 Å². The molecule has 0 bridgehead atoms. The van der Waals surface area contributed by atoms with E-state index in [-0.39, 0.29) is 31.6 Å². The molecule has 0 radical (unpaired) electrons. The number of carbonyl (C=O) groups is 2. The second kappa shape index (κ2) is 8.93. The number of amides is 1. The largest absolute Gasteiger partial charge is 0.482 e. The number of ether oxygens (including phenoxy) is 3. The average Bonchev–Trinajstić information content (AvgIpc) is 2.51. The number of benzene rings is 1. The normalized spacial score (nSPS) is 11.6. The van der Waals surface area contributed by atoms with E-state index in [0.29, 0.717) is 11.4 Å². The van der Waals surface area contributed by atoms with Crippen molar-refractivity contribution in [3.63, 3.8) is 0 Å². The van der Waals surface area contributed by atoms with Crippen molar-refractivity contribution in [1.29, 1.82) is 0 Å². The average molecular weight is 296 g/mol. The summed E-state index contributed by atoms with van der Waals surface area (Å²) in [5, 5.41) is 2.72. The van der Waals surface area contributed by atoms with Crippen molar-refractivity contribution in [3.05, 3.63) is 24.3 Å². The van der Waals surface area contributed by atoms with Crippen molar-refractivity contribution < 1.29 is 23.8 Å². The first-order valence-electron chi connectivity index (χ1n) is 6.41. The van der Waals surface area contributed by atoms with Crippen LogP contribution in [0.2, 0.25) is 0 Å². The molecule has 1 atom stereocenters. The fourth-order valence-electron chi connectivity index (χ4n) is 1.52. The van der Waals surface area contributed by atoms with Crippen molar-refractivity contribution in [2.45, 2.75) is 12.5 Å². The summed E-state index contributed by atoms with van der Waals surface area (Å²) in [5.41, 5.74) is 6.08. The van der Waals surface area contributed by atoms with Crippen LogP contribution in [0.5, 0.6) is 5.75 Å². The monoisotopic (exact) mass is 296 g/mol. The summed E-state index contributed by atoms with van der Waals surface area (Å²) < 4.78 is 14.7. The van der Waals surface area contributed by atoms with E-state index in [1.165, 1.54) is 14.2 Å². The molecule has 0 aromatic heterocycles. The zero-order valence-corrected chi connectivity index (χ0v) is 12.1. The number of hydrogen-bond donors (Lipinski definition) is 2. The van der Waals surface area contributed by atoms with E-state index in [2.05, 4.69) is 10.1 Å². The van der Waals surface area contributed by atoms with Crippen LogP contribution in [0, 0.1) is 0 Å². The van der Waals surface area contributed by atoms with Crippen LogP contribution in [0.15, 0.2) is 24.3 Å². The van der Waals surface area contributed by atoms with E-state index >= 15 is 0 Å². The van der Waals surface area contributed by atoms with E-state index in [1.807, 2.05) is 0 Å². The molecule has 0 aliphatic rings. The number of carbonyl (C=O) groups excluding carboxylic acids is 2. The standard InChI is InChI=1S/C14H20N2O5/c1-19-12(8-15)7-13(17)16-10-3-5-11(6-4-10)21-9-14(18)20-2/h3-6,12H,7-9,15H2,1-2H3,(H,16,17). The third-order valence-corrected chi connectivity index (χ3v) is 2.73. The molecule has 1 unspecified atom stereocenters. The number of hydrogen-bond acceptors (Lipinski definition) is 6. The molecule has 3 N–H and O–H groups in total. The lowest BCUT2D eigenvalue weighted by molar-refractivity contribution is -0.142. The third-order valence-electron chi connectivity index (χ3n) is 2.73. The lowest BCUT2D eigenvalue weighted by Crippen LogP contribution is -2.28. The van der Waals surface area contributed by atoms with E-state index in [4.69, 9.17) is 15.2 Å². The highest BCUT2D eigenvalue weighted by atomic mass is 16.6. The second-order valence-corrected chi connectivity index (χ2v) is 4.23. The molecule has 1 aromatic rings. The van der Waals surface area contributed by atoms with Gasteiger partial charge in [0, 0.05) is 19.3 Å². The number of rotatable bonds is 8. The quantitative estimate of drug-likeness (QED) is 0.679. The summed E-state index contributed by atoms with van der Waals surface area (Å²) in [6.07, 6.45) is -0.110. The molecule has 1 amide bonds. The Morgan fingerprint density at radius 1 is 1.24 bits per heavy atom. The Morgan fingerprint density at radius 2 is 1.90 bits per heavy atom. The maximum atomic E-state index is 11.7. The minimum atomic E-state index is -0.459. The summed E-state index contributed by atoms with van der Waals surface area (Å²) in [6.45, 7) is 0.123. The van der Waals surface area contributed by atoms with Gasteiger partial charge in [-0.05, 0) is 24.3 Å². The lowest BCUT2D eigenvalue weighted by atomic mass is 10.2. The zero-order chi connectivity index (χ0) is 15.7. The van der Waals surface area contributed by atoms with Crippen LogP contribution in [-0.2, 0) is 19.1 Å². The van der Waals surface area contributed by atoms with Crippen LogP contribution in [0.3, 0.4) is 0 Å². The number of esters is 1. The van der Waals surface area contributed by atoms with E-state index < -0.39 is 5.97 Å². The smallest absolute Gasteiger partial charge is 0.343 e. The van der Waals surface area contributed by atoms with Crippen molar-refractivity contribution in [2.24, 2.45) is 5.73 Å². The van der Waals surface area contributed by atoms with Gasteiger partial charge < -0.3 is 25.3 Å². The molecular formula is C14H20N2O5. The van der Waals surface area contributed by atoms with Crippen LogP contribution < -0.4 is 15.8 Å². The predicted molar refractivity (Wildman–Crippen MR) is 77.1 cm³/mol. The summed E-state index contributed by atoms with van der Waals surface area (Å²) in [6, 6.07) is 6.65. The molecule has 0 aliphatic heterocycles. The molecule has 7 nitrogen and oxygen atoms in total. The molecule has 1 rings (SSSR count).